The first kappa shape index (κ1) is 21.0. The molecule has 0 spiro atoms. The largest absolute Gasteiger partial charge is 2.00 e. The molecule has 0 fully saturated rings. The molecular weight excluding hydrogens is 407 g/mol. The fourth-order valence-corrected chi connectivity index (χ4v) is 3.02. The molecule has 0 saturated heterocycles. The van der Waals surface area contributed by atoms with Crippen molar-refractivity contribution < 1.29 is 4.74 Å². The average Bonchev–Trinajstić information content (AvgIpc) is 3.06. The summed E-state index contributed by atoms with van der Waals surface area (Å²) >= 11 is 18.3. The standard InChI is InChI=1S/C18H15Cl3N2O.Ca/c19-14-3-1-13(2-4-14)11-24-18(10-23-8-7-22-12-23)16-6-5-15(20)9-17(16)21;/h1-9,12,18H,10-11H2;/q;+2. The molecule has 0 radical (unpaired) electrons. The molecule has 7 heteroatoms. The number of imidazole rings is 1. The summed E-state index contributed by atoms with van der Waals surface area (Å²) in [6, 6.07) is 13.0. The molecule has 1 aromatic heterocycles. The van der Waals surface area contributed by atoms with E-state index >= 15 is 0 Å². The van der Waals surface area contributed by atoms with Crippen molar-refractivity contribution in [1.82, 2.24) is 9.55 Å². The topological polar surface area (TPSA) is 27.1 Å². The van der Waals surface area contributed by atoms with Gasteiger partial charge in [-0.1, -0.05) is 53.0 Å². The number of aromatic nitrogens is 2. The number of halogens is 3. The van der Waals surface area contributed by atoms with Crippen LogP contribution in [0.4, 0.5) is 0 Å². The van der Waals surface area contributed by atoms with Gasteiger partial charge in [0.05, 0.1) is 19.5 Å². The fourth-order valence-electron chi connectivity index (χ4n) is 2.37. The summed E-state index contributed by atoms with van der Waals surface area (Å²) in [5.41, 5.74) is 1.93. The first-order valence-corrected chi connectivity index (χ1v) is 8.52. The Balaban J connectivity index is 0.00000225. The van der Waals surface area contributed by atoms with Gasteiger partial charge in [0, 0.05) is 33.0 Å². The third kappa shape index (κ3) is 6.14. The summed E-state index contributed by atoms with van der Waals surface area (Å²) in [5.74, 6) is 0. The van der Waals surface area contributed by atoms with E-state index in [0.29, 0.717) is 28.2 Å². The molecule has 1 heterocycles. The van der Waals surface area contributed by atoms with Gasteiger partial charge in [0.2, 0.25) is 0 Å². The molecule has 2 aromatic carbocycles. The minimum atomic E-state index is -0.223. The van der Waals surface area contributed by atoms with Crippen LogP contribution < -0.4 is 0 Å². The molecule has 1 atom stereocenters. The molecule has 0 aliphatic heterocycles. The molecule has 0 saturated carbocycles. The number of hydrogen-bond acceptors (Lipinski definition) is 2. The van der Waals surface area contributed by atoms with Crippen LogP contribution in [-0.2, 0) is 17.9 Å². The second-order valence-electron chi connectivity index (χ2n) is 5.35. The zero-order valence-electron chi connectivity index (χ0n) is 13.4. The van der Waals surface area contributed by atoms with Crippen molar-refractivity contribution in [3.63, 3.8) is 0 Å². The predicted molar refractivity (Wildman–Crippen MR) is 103 cm³/mol. The van der Waals surface area contributed by atoms with Gasteiger partial charge in [0.25, 0.3) is 0 Å². The number of benzene rings is 2. The molecule has 0 amide bonds. The van der Waals surface area contributed by atoms with E-state index in [2.05, 4.69) is 4.98 Å². The van der Waals surface area contributed by atoms with Crippen LogP contribution in [0.3, 0.4) is 0 Å². The van der Waals surface area contributed by atoms with E-state index in [4.69, 9.17) is 39.5 Å². The molecular formula is C18H15CaCl3N2O+2. The van der Waals surface area contributed by atoms with Crippen molar-refractivity contribution in [3.05, 3.63) is 87.4 Å². The van der Waals surface area contributed by atoms with Crippen molar-refractivity contribution in [1.29, 1.82) is 0 Å². The maximum atomic E-state index is 6.36. The fraction of sp³-hybridized carbons (Fsp3) is 0.167. The van der Waals surface area contributed by atoms with Crippen LogP contribution in [-0.4, -0.2) is 47.3 Å². The first-order chi connectivity index (χ1) is 11.6. The van der Waals surface area contributed by atoms with Crippen molar-refractivity contribution in [2.75, 3.05) is 0 Å². The molecule has 3 aromatic rings. The molecule has 3 rings (SSSR count). The second kappa shape index (κ2) is 10.2. The van der Waals surface area contributed by atoms with Crippen molar-refractivity contribution in [2.24, 2.45) is 0 Å². The van der Waals surface area contributed by atoms with Crippen LogP contribution in [0.15, 0.2) is 61.2 Å². The number of hydrogen-bond donors (Lipinski definition) is 0. The van der Waals surface area contributed by atoms with E-state index in [0.717, 1.165) is 11.1 Å². The molecule has 1 unspecified atom stereocenters. The normalized spacial score (nSPS) is 11.8. The summed E-state index contributed by atoms with van der Waals surface area (Å²) in [4.78, 5) is 4.07. The summed E-state index contributed by atoms with van der Waals surface area (Å²) in [6.45, 7) is 1.06. The van der Waals surface area contributed by atoms with Gasteiger partial charge >= 0.3 is 37.7 Å². The van der Waals surface area contributed by atoms with Gasteiger partial charge in [0.15, 0.2) is 0 Å². The molecule has 0 aliphatic rings. The van der Waals surface area contributed by atoms with Gasteiger partial charge in [-0.25, -0.2) is 4.98 Å². The molecule has 0 N–H and O–H groups in total. The Kier molecular flexibility index (Phi) is 8.56. The predicted octanol–water partition coefficient (Wildman–Crippen LogP) is 5.42. The maximum Gasteiger partial charge on any atom is 2.00 e. The Hall–Kier alpha value is -0.260. The van der Waals surface area contributed by atoms with Gasteiger partial charge in [-0.2, -0.15) is 0 Å². The van der Waals surface area contributed by atoms with Crippen LogP contribution in [0.25, 0.3) is 0 Å². The maximum absolute atomic E-state index is 6.36. The zero-order valence-corrected chi connectivity index (χ0v) is 17.9. The third-order valence-corrected chi connectivity index (χ3v) is 4.42. The quantitative estimate of drug-likeness (QED) is 0.497. The van der Waals surface area contributed by atoms with E-state index < -0.39 is 0 Å². The minimum absolute atomic E-state index is 0. The zero-order chi connectivity index (χ0) is 16.9. The summed E-state index contributed by atoms with van der Waals surface area (Å²) < 4.78 is 8.08. The Morgan fingerprint density at radius 3 is 2.36 bits per heavy atom. The van der Waals surface area contributed by atoms with Crippen LogP contribution in [0.1, 0.15) is 17.2 Å². The third-order valence-electron chi connectivity index (χ3n) is 3.61. The van der Waals surface area contributed by atoms with Gasteiger partial charge in [-0.05, 0) is 29.8 Å². The number of rotatable bonds is 6. The first-order valence-electron chi connectivity index (χ1n) is 7.38. The number of nitrogens with zero attached hydrogens (tertiary/aromatic N) is 2. The summed E-state index contributed by atoms with van der Waals surface area (Å²) in [7, 11) is 0. The minimum Gasteiger partial charge on any atom is -0.367 e. The SMILES string of the molecule is Clc1ccc(COC(Cn2ccnc2)c2ccc(Cl)cc2Cl)cc1.[Ca+2]. The van der Waals surface area contributed by atoms with Gasteiger partial charge < -0.3 is 9.30 Å². The summed E-state index contributed by atoms with van der Waals surface area (Å²) in [6.07, 6.45) is 5.16. The molecule has 0 bridgehead atoms. The van der Waals surface area contributed by atoms with E-state index in [-0.39, 0.29) is 43.8 Å². The Labute approximate surface area is 191 Å². The van der Waals surface area contributed by atoms with Crippen LogP contribution in [0.5, 0.6) is 0 Å². The van der Waals surface area contributed by atoms with Crippen molar-refractivity contribution >= 4 is 72.5 Å². The van der Waals surface area contributed by atoms with Crippen LogP contribution in [0.2, 0.25) is 15.1 Å². The monoisotopic (exact) mass is 420 g/mol. The number of ether oxygens (including phenoxy) is 1. The second-order valence-corrected chi connectivity index (χ2v) is 6.63. The van der Waals surface area contributed by atoms with E-state index in [9.17, 15) is 0 Å². The van der Waals surface area contributed by atoms with Crippen LogP contribution in [0, 0.1) is 0 Å². The van der Waals surface area contributed by atoms with Crippen molar-refractivity contribution in [3.8, 4) is 0 Å². The Morgan fingerprint density at radius 2 is 1.72 bits per heavy atom. The van der Waals surface area contributed by atoms with E-state index in [1.54, 1.807) is 18.6 Å². The van der Waals surface area contributed by atoms with E-state index in [1.165, 1.54) is 0 Å². The summed E-state index contributed by atoms with van der Waals surface area (Å²) in [5, 5.41) is 1.89. The molecule has 25 heavy (non-hydrogen) atoms. The smallest absolute Gasteiger partial charge is 0.367 e. The van der Waals surface area contributed by atoms with Gasteiger partial charge in [-0.3, -0.25) is 0 Å². The average molecular weight is 422 g/mol. The van der Waals surface area contributed by atoms with Gasteiger partial charge in [-0.15, -0.1) is 0 Å². The Morgan fingerprint density at radius 1 is 1.00 bits per heavy atom. The molecule has 3 nitrogen and oxygen atoms in total. The van der Waals surface area contributed by atoms with Crippen molar-refractivity contribution in [2.45, 2.75) is 19.3 Å². The molecule has 0 aliphatic carbocycles. The van der Waals surface area contributed by atoms with Crippen LogP contribution >= 0.6 is 34.8 Å². The van der Waals surface area contributed by atoms with Gasteiger partial charge in [0.1, 0.15) is 6.10 Å². The van der Waals surface area contributed by atoms with E-state index in [1.807, 2.05) is 47.2 Å². The Bertz CT molecular complexity index is 795. The molecule has 124 valence electrons.